The number of benzene rings is 2. The standard InChI is InChI=1S/C72H106N6O17/c1-52(2)68(64(82)48-54(5)71(85)53(3)4)74-72(86)59(19-13-14-31-73-66(83)51-95-65-23-12-10-18-58(69-70(65)76-77-75-69)29-34-89-38-42-93-47-46-92-41-37-88-33-28-55(6)79)49-62(81)30-35-90-39-43-94-45-44-91-40-36-87-32-15-21-61(80)26-27-67(84)78-50-60-20-8-7-16-56(60)24-25-57-17-9-11-22-63(57)78/h7-9,11,16-17,20,22,52-54,58-59,65,68H,10,12-15,18-19,21,23,26-51H2,1-6H3,(H,73,83)(H,74,86)(H,75,76,77)/t54-,58?,59+,65?,68+/m1/s1. The molecule has 5 atom stereocenters. The number of fused-ring (bicyclic) bond motifs is 3. The van der Waals surface area contributed by atoms with Gasteiger partial charge in [-0.15, -0.1) is 0 Å². The molecule has 2 heterocycles. The van der Waals surface area contributed by atoms with E-state index in [0.717, 1.165) is 53.8 Å². The van der Waals surface area contributed by atoms with Crippen molar-refractivity contribution in [2.45, 2.75) is 169 Å². The van der Waals surface area contributed by atoms with Crippen molar-refractivity contribution in [2.75, 3.05) is 124 Å². The lowest BCUT2D eigenvalue weighted by Crippen LogP contribution is -2.47. The summed E-state index contributed by atoms with van der Waals surface area (Å²) in [6.07, 6.45) is 6.67. The van der Waals surface area contributed by atoms with Crippen LogP contribution in [0.1, 0.15) is 184 Å². The Hall–Kier alpha value is -6.46. The largest absolute Gasteiger partial charge is 0.379 e. The predicted molar refractivity (Wildman–Crippen MR) is 356 cm³/mol. The molecule has 2 aromatic carbocycles. The summed E-state index contributed by atoms with van der Waals surface area (Å²) in [7, 11) is 0. The first kappa shape index (κ1) is 79.2. The van der Waals surface area contributed by atoms with E-state index in [1.54, 1.807) is 25.7 Å². The van der Waals surface area contributed by atoms with Gasteiger partial charge in [-0.3, -0.25) is 38.4 Å². The number of carbonyl (C=O) groups excluding carboxylic acids is 8. The zero-order valence-electron chi connectivity index (χ0n) is 57.2. The number of para-hydroxylation sites is 1. The number of aromatic amines is 1. The van der Waals surface area contributed by atoms with Gasteiger partial charge in [0.2, 0.25) is 17.7 Å². The quantitative estimate of drug-likeness (QED) is 0.0353. The molecular formula is C72H106N6O17. The third-order valence-electron chi connectivity index (χ3n) is 16.5. The fourth-order valence-electron chi connectivity index (χ4n) is 11.1. The molecule has 0 bridgehead atoms. The van der Waals surface area contributed by atoms with E-state index in [1.807, 2.05) is 62.4 Å². The Labute approximate surface area is 561 Å². The Morgan fingerprint density at radius 1 is 0.600 bits per heavy atom. The minimum atomic E-state index is -0.839. The van der Waals surface area contributed by atoms with Crippen LogP contribution in [0.3, 0.4) is 0 Å². The van der Waals surface area contributed by atoms with Crippen LogP contribution in [0.15, 0.2) is 48.5 Å². The summed E-state index contributed by atoms with van der Waals surface area (Å²) >= 11 is 0. The highest BCUT2D eigenvalue weighted by molar-refractivity contribution is 5.97. The number of ether oxygens (including phenoxy) is 9. The number of ketones is 5. The minimum Gasteiger partial charge on any atom is -0.379 e. The zero-order chi connectivity index (χ0) is 68.4. The molecule has 95 heavy (non-hydrogen) atoms. The molecular weight excluding hydrogens is 1220 g/mol. The van der Waals surface area contributed by atoms with Crippen molar-refractivity contribution < 1.29 is 81.0 Å². The molecule has 1 aliphatic heterocycles. The number of carbonyl (C=O) groups is 8. The van der Waals surface area contributed by atoms with E-state index in [9.17, 15) is 38.4 Å². The van der Waals surface area contributed by atoms with Gasteiger partial charge >= 0.3 is 0 Å². The maximum Gasteiger partial charge on any atom is 0.246 e. The summed E-state index contributed by atoms with van der Waals surface area (Å²) in [6.45, 7) is 17.0. The second-order valence-electron chi connectivity index (χ2n) is 25.0. The fraction of sp³-hybridized carbons (Fsp3) is 0.667. The lowest BCUT2D eigenvalue weighted by Gasteiger charge is -2.26. The molecule has 0 radical (unpaired) electrons. The number of anilines is 1. The van der Waals surface area contributed by atoms with Gasteiger partial charge in [-0.25, -0.2) is 0 Å². The summed E-state index contributed by atoms with van der Waals surface area (Å²) in [6, 6.07) is 14.5. The Morgan fingerprint density at radius 2 is 1.18 bits per heavy atom. The maximum absolute atomic E-state index is 14.0. The lowest BCUT2D eigenvalue weighted by atomic mass is 9.87. The number of amides is 3. The molecule has 5 rings (SSSR count). The topological polar surface area (TPSA) is 288 Å². The number of rotatable bonds is 52. The van der Waals surface area contributed by atoms with Gasteiger partial charge in [0.05, 0.1) is 116 Å². The van der Waals surface area contributed by atoms with Gasteiger partial charge in [0.15, 0.2) is 5.78 Å². The summed E-state index contributed by atoms with van der Waals surface area (Å²) < 4.78 is 51.1. The number of nitrogens with one attached hydrogen (secondary N) is 3. The molecule has 3 N–H and O–H groups in total. The predicted octanol–water partition coefficient (Wildman–Crippen LogP) is 8.31. The zero-order valence-corrected chi connectivity index (χ0v) is 57.2. The second kappa shape index (κ2) is 46.7. The van der Waals surface area contributed by atoms with Gasteiger partial charge in [0.1, 0.15) is 41.5 Å². The lowest BCUT2D eigenvalue weighted by molar-refractivity contribution is -0.135. The van der Waals surface area contributed by atoms with Crippen molar-refractivity contribution in [1.82, 2.24) is 26.0 Å². The van der Waals surface area contributed by atoms with E-state index < -0.39 is 29.9 Å². The van der Waals surface area contributed by atoms with Gasteiger partial charge in [-0.05, 0) is 75.1 Å². The van der Waals surface area contributed by atoms with E-state index in [1.165, 1.54) is 6.92 Å². The number of hydrogen-bond donors (Lipinski definition) is 3. The Kier molecular flexibility index (Phi) is 38.9. The van der Waals surface area contributed by atoms with Crippen molar-refractivity contribution in [1.29, 1.82) is 0 Å². The first-order valence-corrected chi connectivity index (χ1v) is 34.3. The Morgan fingerprint density at radius 3 is 1.83 bits per heavy atom. The van der Waals surface area contributed by atoms with Crippen LogP contribution in [-0.2, 0) is 87.5 Å². The summed E-state index contributed by atoms with van der Waals surface area (Å²) in [5, 5.41) is 17.6. The highest BCUT2D eigenvalue weighted by Crippen LogP contribution is 2.36. The van der Waals surface area contributed by atoms with Gasteiger partial charge in [0.25, 0.3) is 0 Å². The van der Waals surface area contributed by atoms with Crippen molar-refractivity contribution >= 4 is 52.3 Å². The van der Waals surface area contributed by atoms with E-state index in [4.69, 9.17) is 42.6 Å². The Bertz CT molecular complexity index is 2870. The van der Waals surface area contributed by atoms with E-state index in [0.29, 0.717) is 150 Å². The molecule has 1 aromatic heterocycles. The molecule has 3 amide bonds. The van der Waals surface area contributed by atoms with Crippen molar-refractivity contribution in [3.63, 3.8) is 0 Å². The van der Waals surface area contributed by atoms with Gasteiger partial charge < -0.3 is 58.2 Å². The number of nitrogens with zero attached hydrogens (tertiary/aromatic N) is 3. The van der Waals surface area contributed by atoms with Crippen LogP contribution < -0.4 is 15.5 Å². The highest BCUT2D eigenvalue weighted by atomic mass is 16.6. The molecule has 23 nitrogen and oxygen atoms in total. The molecule has 0 fully saturated rings. The molecule has 0 saturated carbocycles. The third kappa shape index (κ3) is 31.5. The Balaban J connectivity index is 0.936. The van der Waals surface area contributed by atoms with Crippen molar-refractivity contribution in [3.8, 4) is 11.8 Å². The first-order valence-electron chi connectivity index (χ1n) is 34.3. The van der Waals surface area contributed by atoms with Crippen LogP contribution in [0, 0.1) is 35.5 Å². The molecule has 2 aliphatic rings. The van der Waals surface area contributed by atoms with Crippen LogP contribution >= 0.6 is 0 Å². The smallest absolute Gasteiger partial charge is 0.246 e. The molecule has 1 aliphatic carbocycles. The number of unbranched alkanes of at least 4 members (excludes halogenated alkanes) is 1. The summed E-state index contributed by atoms with van der Waals surface area (Å²) in [4.78, 5) is 106. The van der Waals surface area contributed by atoms with E-state index in [-0.39, 0.29) is 117 Å². The number of Topliss-reactive ketones (excluding diaryl/α,β-unsaturated/α-hetero) is 5. The molecule has 0 spiro atoms. The summed E-state index contributed by atoms with van der Waals surface area (Å²) in [5.74, 6) is 3.63. The average molecular weight is 1330 g/mol. The van der Waals surface area contributed by atoms with Gasteiger partial charge in [-0.1, -0.05) is 96.1 Å². The SMILES string of the molecule is CC(=O)CCOCCOCCOCCOCCC1CCCCC(OCC(=O)NCCCC[C@@H](CC(=O)CCOCCOCCOCCOCCCC(=O)CCC(=O)N2Cc3ccccc3C#Cc3ccccc32)C(=O)N[C@H](C(=O)C[C@@H](C)C(=O)C(C)C)C(C)C)c2n[nH]nc21. The van der Waals surface area contributed by atoms with Crippen LogP contribution in [0.2, 0.25) is 0 Å². The molecule has 0 saturated heterocycles. The maximum atomic E-state index is 14.0. The number of H-pyrrole nitrogens is 1. The highest BCUT2D eigenvalue weighted by Gasteiger charge is 2.32. The van der Waals surface area contributed by atoms with Gasteiger partial charge in [0, 0.05) is 99.5 Å². The van der Waals surface area contributed by atoms with Crippen LogP contribution in [-0.4, -0.2) is 187 Å². The minimum absolute atomic E-state index is 0.00319. The third-order valence-corrected chi connectivity index (χ3v) is 16.5. The second-order valence-corrected chi connectivity index (χ2v) is 25.0. The van der Waals surface area contributed by atoms with Crippen LogP contribution in [0.25, 0.3) is 0 Å². The number of aromatic nitrogens is 3. The van der Waals surface area contributed by atoms with Gasteiger partial charge in [-0.2, -0.15) is 15.4 Å². The van der Waals surface area contributed by atoms with Crippen molar-refractivity contribution in [2.24, 2.45) is 23.7 Å². The molecule has 526 valence electrons. The molecule has 3 aromatic rings. The normalized spacial score (nSPS) is 15.4. The first-order chi connectivity index (χ1) is 46.0. The monoisotopic (exact) mass is 1330 g/mol. The number of hydrogen-bond acceptors (Lipinski definition) is 19. The summed E-state index contributed by atoms with van der Waals surface area (Å²) in [5.41, 5.74) is 4.88. The van der Waals surface area contributed by atoms with Crippen LogP contribution in [0.5, 0.6) is 0 Å². The molecule has 2 unspecified atom stereocenters. The average Bonchev–Trinajstić information content (AvgIpc) is 1.72. The van der Waals surface area contributed by atoms with E-state index >= 15 is 0 Å². The van der Waals surface area contributed by atoms with Crippen molar-refractivity contribution in [3.05, 3.63) is 76.6 Å². The van der Waals surface area contributed by atoms with E-state index in [2.05, 4.69) is 37.9 Å². The fourth-order valence-corrected chi connectivity index (χ4v) is 11.1. The molecule has 23 heteroatoms. The van der Waals surface area contributed by atoms with Crippen LogP contribution in [0.4, 0.5) is 5.69 Å².